The van der Waals surface area contributed by atoms with Crippen LogP contribution < -0.4 is 5.32 Å². The fourth-order valence-electron chi connectivity index (χ4n) is 3.78. The largest absolute Gasteiger partial charge is 0.328 e. The Hall–Kier alpha value is -2.86. The third-order valence-corrected chi connectivity index (χ3v) is 6.37. The van der Waals surface area contributed by atoms with Crippen LogP contribution in [-0.2, 0) is 11.3 Å². The van der Waals surface area contributed by atoms with Crippen molar-refractivity contribution in [3.05, 3.63) is 83.6 Å². The number of nitrogens with one attached hydrogen (secondary N) is 1. The van der Waals surface area contributed by atoms with Gasteiger partial charge >= 0.3 is 0 Å². The standard InChI is InChI=1S/C22H20N4OS/c27-19-13-7-12-18-17(19)14-26-21(23-18)24-22(25-26)28-20(15-8-3-1-4-9-15)16-10-5-2-6-11-16/h1-6,8-12,17,20H,7,13-14H2,(H,23,24,25)/t17-/m1/s1. The van der Waals surface area contributed by atoms with Crippen molar-refractivity contribution in [2.75, 3.05) is 5.32 Å². The van der Waals surface area contributed by atoms with E-state index < -0.39 is 0 Å². The van der Waals surface area contributed by atoms with Crippen LogP contribution in [0.3, 0.4) is 0 Å². The van der Waals surface area contributed by atoms with Crippen molar-refractivity contribution in [2.45, 2.75) is 29.8 Å². The third kappa shape index (κ3) is 3.24. The summed E-state index contributed by atoms with van der Waals surface area (Å²) in [5, 5.41) is 8.83. The van der Waals surface area contributed by atoms with Gasteiger partial charge in [0.15, 0.2) is 0 Å². The maximum atomic E-state index is 12.2. The van der Waals surface area contributed by atoms with Crippen molar-refractivity contribution in [3.8, 4) is 0 Å². The number of aromatic nitrogens is 3. The van der Waals surface area contributed by atoms with E-state index in [4.69, 9.17) is 10.1 Å². The number of allylic oxidation sites excluding steroid dienone is 2. The second-order valence-electron chi connectivity index (χ2n) is 7.06. The number of Topliss-reactive ketones (excluding diaryl/α,β-unsaturated/α-hetero) is 1. The highest BCUT2D eigenvalue weighted by molar-refractivity contribution is 7.99. The molecule has 140 valence electrons. The molecule has 2 heterocycles. The highest BCUT2D eigenvalue weighted by atomic mass is 32.2. The van der Waals surface area contributed by atoms with Gasteiger partial charge in [-0.1, -0.05) is 78.5 Å². The molecule has 28 heavy (non-hydrogen) atoms. The fraction of sp³-hybridized carbons (Fsp3) is 0.227. The van der Waals surface area contributed by atoms with Gasteiger partial charge in [0.1, 0.15) is 5.78 Å². The van der Waals surface area contributed by atoms with Gasteiger partial charge in [-0.15, -0.1) is 5.10 Å². The number of carbonyl (C=O) groups is 1. The zero-order valence-electron chi connectivity index (χ0n) is 15.3. The van der Waals surface area contributed by atoms with Gasteiger partial charge in [0, 0.05) is 12.1 Å². The summed E-state index contributed by atoms with van der Waals surface area (Å²) in [5.41, 5.74) is 3.41. The van der Waals surface area contributed by atoms with Crippen LogP contribution in [0.25, 0.3) is 0 Å². The van der Waals surface area contributed by atoms with Crippen molar-refractivity contribution in [2.24, 2.45) is 5.92 Å². The van der Waals surface area contributed by atoms with Crippen molar-refractivity contribution < 1.29 is 4.79 Å². The molecule has 3 aromatic rings. The van der Waals surface area contributed by atoms with Crippen molar-refractivity contribution in [3.63, 3.8) is 0 Å². The Morgan fingerprint density at radius 3 is 2.39 bits per heavy atom. The molecule has 2 aromatic carbocycles. The summed E-state index contributed by atoms with van der Waals surface area (Å²) in [6, 6.07) is 20.8. The molecule has 1 aliphatic carbocycles. The van der Waals surface area contributed by atoms with Crippen LogP contribution >= 0.6 is 11.8 Å². The van der Waals surface area contributed by atoms with Gasteiger partial charge in [-0.3, -0.25) is 4.79 Å². The number of fused-ring (bicyclic) bond motifs is 2. The average Bonchev–Trinajstić information content (AvgIpc) is 3.14. The van der Waals surface area contributed by atoms with Crippen molar-refractivity contribution in [1.82, 2.24) is 14.8 Å². The zero-order valence-corrected chi connectivity index (χ0v) is 16.1. The molecule has 1 aromatic heterocycles. The van der Waals surface area contributed by atoms with Gasteiger partial charge in [0.25, 0.3) is 0 Å². The first-order valence-electron chi connectivity index (χ1n) is 9.49. The molecule has 0 amide bonds. The van der Waals surface area contributed by atoms with Gasteiger partial charge in [0.05, 0.1) is 17.7 Å². The number of benzene rings is 2. The Kier molecular flexibility index (Phi) is 4.49. The van der Waals surface area contributed by atoms with Gasteiger partial charge in [0.2, 0.25) is 11.1 Å². The maximum Gasteiger partial charge on any atom is 0.226 e. The van der Waals surface area contributed by atoms with Crippen LogP contribution in [0, 0.1) is 5.92 Å². The fourth-order valence-corrected chi connectivity index (χ4v) is 4.86. The lowest BCUT2D eigenvalue weighted by atomic mass is 9.90. The molecule has 2 aliphatic rings. The summed E-state index contributed by atoms with van der Waals surface area (Å²) >= 11 is 1.64. The molecule has 6 heteroatoms. The first-order chi connectivity index (χ1) is 13.8. The maximum absolute atomic E-state index is 12.2. The van der Waals surface area contributed by atoms with Crippen LogP contribution in [0.15, 0.2) is 77.6 Å². The summed E-state index contributed by atoms with van der Waals surface area (Å²) in [5.74, 6) is 0.895. The minimum atomic E-state index is -0.111. The van der Waals surface area contributed by atoms with Crippen LogP contribution in [-0.4, -0.2) is 20.5 Å². The van der Waals surface area contributed by atoms with Crippen LogP contribution in [0.1, 0.15) is 29.2 Å². The van der Waals surface area contributed by atoms with E-state index in [1.54, 1.807) is 11.8 Å². The van der Waals surface area contributed by atoms with Crippen molar-refractivity contribution in [1.29, 1.82) is 0 Å². The molecule has 1 N–H and O–H groups in total. The van der Waals surface area contributed by atoms with E-state index in [0.717, 1.165) is 18.1 Å². The summed E-state index contributed by atoms with van der Waals surface area (Å²) < 4.78 is 1.83. The lowest BCUT2D eigenvalue weighted by Gasteiger charge is -2.28. The molecule has 0 bridgehead atoms. The summed E-state index contributed by atoms with van der Waals surface area (Å²) in [4.78, 5) is 17.0. The number of hydrogen-bond donors (Lipinski definition) is 1. The molecular weight excluding hydrogens is 368 g/mol. The van der Waals surface area contributed by atoms with Gasteiger partial charge in [-0.25, -0.2) is 4.68 Å². The number of nitrogens with zero attached hydrogens (tertiary/aromatic N) is 3. The molecule has 0 saturated heterocycles. The van der Waals surface area contributed by atoms with E-state index in [1.165, 1.54) is 11.1 Å². The SMILES string of the molecule is O=C1CCC=C2Nc3nc(SC(c4ccccc4)c4ccccc4)nn3C[C@@H]12. The second kappa shape index (κ2) is 7.28. The third-order valence-electron chi connectivity index (χ3n) is 5.21. The Bertz CT molecular complexity index is 990. The zero-order chi connectivity index (χ0) is 18.9. The van der Waals surface area contributed by atoms with Gasteiger partial charge < -0.3 is 5.32 Å². The molecule has 0 spiro atoms. The predicted octanol–water partition coefficient (Wildman–Crippen LogP) is 4.45. The molecule has 0 unspecified atom stereocenters. The lowest BCUT2D eigenvalue weighted by Crippen LogP contribution is -2.33. The highest BCUT2D eigenvalue weighted by Gasteiger charge is 2.32. The molecular formula is C22H20N4OS. The highest BCUT2D eigenvalue weighted by Crippen LogP contribution is 2.40. The molecule has 5 rings (SSSR count). The Balaban J connectivity index is 1.46. The number of rotatable bonds is 4. The van der Waals surface area contributed by atoms with Gasteiger partial charge in [-0.05, 0) is 17.5 Å². The van der Waals surface area contributed by atoms with Crippen LogP contribution in [0.5, 0.6) is 0 Å². The molecule has 0 saturated carbocycles. The quantitative estimate of drug-likeness (QED) is 0.669. The van der Waals surface area contributed by atoms with E-state index in [2.05, 4.69) is 59.9 Å². The first kappa shape index (κ1) is 17.3. The molecule has 1 atom stereocenters. The number of carbonyl (C=O) groups excluding carboxylic acids is 1. The van der Waals surface area contributed by atoms with Gasteiger partial charge in [-0.2, -0.15) is 4.98 Å². The number of thioether (sulfide) groups is 1. The van der Waals surface area contributed by atoms with Crippen molar-refractivity contribution >= 4 is 23.5 Å². The first-order valence-corrected chi connectivity index (χ1v) is 10.4. The minimum absolute atomic E-state index is 0.106. The molecule has 5 nitrogen and oxygen atoms in total. The molecule has 1 aliphatic heterocycles. The molecule has 0 radical (unpaired) electrons. The monoisotopic (exact) mass is 388 g/mol. The minimum Gasteiger partial charge on any atom is -0.328 e. The summed E-state index contributed by atoms with van der Waals surface area (Å²) in [6.07, 6.45) is 3.54. The van der Waals surface area contributed by atoms with Crippen LogP contribution in [0.4, 0.5) is 5.95 Å². The normalized spacial score (nSPS) is 18.2. The molecule has 0 fully saturated rings. The van der Waals surface area contributed by atoms with E-state index in [1.807, 2.05) is 16.8 Å². The van der Waals surface area contributed by atoms with Crippen LogP contribution in [0.2, 0.25) is 0 Å². The smallest absolute Gasteiger partial charge is 0.226 e. The lowest BCUT2D eigenvalue weighted by molar-refractivity contribution is -0.122. The Morgan fingerprint density at radius 2 is 1.71 bits per heavy atom. The Labute approximate surface area is 167 Å². The number of ketones is 1. The number of anilines is 1. The average molecular weight is 388 g/mol. The predicted molar refractivity (Wildman–Crippen MR) is 110 cm³/mol. The summed E-state index contributed by atoms with van der Waals surface area (Å²) in [6.45, 7) is 0.571. The van der Waals surface area contributed by atoms with E-state index in [9.17, 15) is 4.79 Å². The van der Waals surface area contributed by atoms with E-state index in [-0.39, 0.29) is 17.0 Å². The topological polar surface area (TPSA) is 59.8 Å². The summed E-state index contributed by atoms with van der Waals surface area (Å²) in [7, 11) is 0. The second-order valence-corrected chi connectivity index (χ2v) is 8.13. The van der Waals surface area contributed by atoms with E-state index in [0.29, 0.717) is 18.1 Å². The Morgan fingerprint density at radius 1 is 1.04 bits per heavy atom. The van der Waals surface area contributed by atoms with E-state index >= 15 is 0 Å². The number of hydrogen-bond acceptors (Lipinski definition) is 5.